The van der Waals surface area contributed by atoms with Crippen LogP contribution in [0.4, 0.5) is 0 Å². The first kappa shape index (κ1) is 16.2. The van der Waals surface area contributed by atoms with Crippen molar-refractivity contribution in [2.75, 3.05) is 6.61 Å². The highest BCUT2D eigenvalue weighted by atomic mass is 28.3. The van der Waals surface area contributed by atoms with E-state index in [1.54, 1.807) is 12.1 Å². The Labute approximate surface area is 126 Å². The third-order valence-electron chi connectivity index (χ3n) is 3.48. The van der Waals surface area contributed by atoms with Crippen molar-refractivity contribution in [2.24, 2.45) is 0 Å². The lowest BCUT2D eigenvalue weighted by Gasteiger charge is -2.16. The summed E-state index contributed by atoms with van der Waals surface area (Å²) in [5.41, 5.74) is 2.16. The molecule has 0 aliphatic heterocycles. The third-order valence-corrected chi connectivity index (χ3v) is 5.18. The normalized spacial score (nSPS) is 12.1. The van der Waals surface area contributed by atoms with Crippen molar-refractivity contribution in [1.29, 1.82) is 0 Å². The van der Waals surface area contributed by atoms with Crippen molar-refractivity contribution >= 4 is 31.7 Å². The first-order chi connectivity index (χ1) is 9.78. The molecular formula is C14H23BN2O3Si. The summed E-state index contributed by atoms with van der Waals surface area (Å²) in [6.45, 7) is 10.2. The second-order valence-corrected chi connectivity index (χ2v) is 12.2. The van der Waals surface area contributed by atoms with E-state index in [1.165, 1.54) is 0 Å². The molecule has 0 fully saturated rings. The zero-order valence-electron chi connectivity index (χ0n) is 13.1. The predicted molar refractivity (Wildman–Crippen MR) is 88.4 cm³/mol. The molecule has 0 amide bonds. The minimum Gasteiger partial charge on any atom is -0.423 e. The average Bonchev–Trinajstić information content (AvgIpc) is 2.68. The Morgan fingerprint density at radius 2 is 2.00 bits per heavy atom. The van der Waals surface area contributed by atoms with Crippen LogP contribution in [0, 0.1) is 6.92 Å². The van der Waals surface area contributed by atoms with Crippen LogP contribution >= 0.6 is 0 Å². The molecule has 2 rings (SSSR count). The molecule has 0 spiro atoms. The summed E-state index contributed by atoms with van der Waals surface area (Å²) >= 11 is 0. The maximum Gasteiger partial charge on any atom is 0.488 e. The van der Waals surface area contributed by atoms with Gasteiger partial charge in [-0.15, -0.1) is 0 Å². The summed E-state index contributed by atoms with van der Waals surface area (Å²) in [7, 11) is -2.54. The van der Waals surface area contributed by atoms with Crippen molar-refractivity contribution in [1.82, 2.24) is 9.55 Å². The molecule has 0 saturated heterocycles. The maximum absolute atomic E-state index is 9.21. The first-order valence-electron chi connectivity index (χ1n) is 7.18. The van der Waals surface area contributed by atoms with Crippen molar-refractivity contribution < 1.29 is 14.8 Å². The van der Waals surface area contributed by atoms with E-state index in [0.717, 1.165) is 29.5 Å². The monoisotopic (exact) mass is 306 g/mol. The van der Waals surface area contributed by atoms with Gasteiger partial charge in [0.15, 0.2) is 0 Å². The average molecular weight is 306 g/mol. The highest BCUT2D eigenvalue weighted by molar-refractivity contribution is 6.76. The fourth-order valence-corrected chi connectivity index (χ4v) is 2.88. The summed E-state index contributed by atoms with van der Waals surface area (Å²) in [4.78, 5) is 4.45. The molecule has 0 atom stereocenters. The minimum absolute atomic E-state index is 0.451. The van der Waals surface area contributed by atoms with Gasteiger partial charge in [-0.2, -0.15) is 0 Å². The van der Waals surface area contributed by atoms with E-state index in [0.29, 0.717) is 12.2 Å². The Bertz CT molecular complexity index is 622. The molecule has 0 aliphatic carbocycles. The summed E-state index contributed by atoms with van der Waals surface area (Å²) in [5.74, 6) is 0.864. The molecule has 1 heterocycles. The highest BCUT2D eigenvalue weighted by Crippen LogP contribution is 2.15. The molecule has 7 heteroatoms. The molecule has 2 N–H and O–H groups in total. The Kier molecular flexibility index (Phi) is 4.88. The lowest BCUT2D eigenvalue weighted by molar-refractivity contribution is 0.0885. The van der Waals surface area contributed by atoms with Gasteiger partial charge in [0.25, 0.3) is 0 Å². The smallest absolute Gasteiger partial charge is 0.423 e. The topological polar surface area (TPSA) is 67.5 Å². The summed E-state index contributed by atoms with van der Waals surface area (Å²) < 4.78 is 7.79. The van der Waals surface area contributed by atoms with E-state index in [9.17, 15) is 10.0 Å². The molecule has 21 heavy (non-hydrogen) atoms. The Morgan fingerprint density at radius 3 is 2.62 bits per heavy atom. The van der Waals surface area contributed by atoms with Crippen LogP contribution < -0.4 is 5.46 Å². The van der Waals surface area contributed by atoms with Gasteiger partial charge >= 0.3 is 7.12 Å². The van der Waals surface area contributed by atoms with Crippen LogP contribution in [-0.2, 0) is 11.5 Å². The van der Waals surface area contributed by atoms with Gasteiger partial charge in [0.1, 0.15) is 12.6 Å². The van der Waals surface area contributed by atoms with Gasteiger partial charge in [-0.25, -0.2) is 4.98 Å². The quantitative estimate of drug-likeness (QED) is 0.624. The first-order valence-corrected chi connectivity index (χ1v) is 10.9. The third kappa shape index (κ3) is 4.17. The van der Waals surface area contributed by atoms with Crippen LogP contribution in [-0.4, -0.2) is 41.4 Å². The fraction of sp³-hybridized carbons (Fsp3) is 0.500. The zero-order valence-corrected chi connectivity index (χ0v) is 14.1. The van der Waals surface area contributed by atoms with Crippen molar-refractivity contribution in [3.8, 4) is 0 Å². The largest absolute Gasteiger partial charge is 0.488 e. The van der Waals surface area contributed by atoms with Gasteiger partial charge in [0.05, 0.1) is 11.0 Å². The minimum atomic E-state index is -1.46. The maximum atomic E-state index is 9.21. The van der Waals surface area contributed by atoms with E-state index >= 15 is 0 Å². The van der Waals surface area contributed by atoms with E-state index < -0.39 is 15.2 Å². The Morgan fingerprint density at radius 1 is 1.29 bits per heavy atom. The number of rotatable bonds is 6. The van der Waals surface area contributed by atoms with Crippen LogP contribution in [0.5, 0.6) is 0 Å². The van der Waals surface area contributed by atoms with Crippen LogP contribution in [0.15, 0.2) is 18.2 Å². The van der Waals surface area contributed by atoms with E-state index in [-0.39, 0.29) is 0 Å². The Balaban J connectivity index is 2.11. The molecule has 0 radical (unpaired) electrons. The molecule has 1 aromatic heterocycles. The molecule has 1 aromatic carbocycles. The number of fused-ring (bicyclic) bond motifs is 1. The number of benzene rings is 1. The molecule has 5 nitrogen and oxygen atoms in total. The van der Waals surface area contributed by atoms with Crippen LogP contribution in [0.25, 0.3) is 11.0 Å². The lowest BCUT2D eigenvalue weighted by Crippen LogP contribution is -2.29. The molecule has 0 bridgehead atoms. The van der Waals surface area contributed by atoms with Gasteiger partial charge < -0.3 is 19.4 Å². The van der Waals surface area contributed by atoms with Gasteiger partial charge in [-0.3, -0.25) is 0 Å². The number of nitrogens with zero attached hydrogens (tertiary/aromatic N) is 2. The van der Waals surface area contributed by atoms with Crippen molar-refractivity contribution in [3.05, 3.63) is 24.0 Å². The van der Waals surface area contributed by atoms with Gasteiger partial charge in [-0.1, -0.05) is 25.7 Å². The molecule has 0 unspecified atom stereocenters. The van der Waals surface area contributed by atoms with Gasteiger partial charge in [0.2, 0.25) is 0 Å². The van der Waals surface area contributed by atoms with Gasteiger partial charge in [-0.05, 0) is 30.6 Å². The van der Waals surface area contributed by atoms with Crippen molar-refractivity contribution in [3.63, 3.8) is 0 Å². The molecule has 2 aromatic rings. The zero-order chi connectivity index (χ0) is 15.6. The predicted octanol–water partition coefficient (Wildman–Crippen LogP) is 1.34. The lowest BCUT2D eigenvalue weighted by atomic mass is 9.80. The highest BCUT2D eigenvalue weighted by Gasteiger charge is 2.15. The number of aryl methyl sites for hydroxylation is 1. The second-order valence-electron chi connectivity index (χ2n) is 6.56. The SMILES string of the molecule is Cc1nc2cc(B(O)O)ccc2n1COCC[Si](C)(C)C. The van der Waals surface area contributed by atoms with Crippen LogP contribution in [0.3, 0.4) is 0 Å². The Hall–Kier alpha value is -1.15. The summed E-state index contributed by atoms with van der Waals surface area (Å²) in [6.07, 6.45) is 0. The van der Waals surface area contributed by atoms with Gasteiger partial charge in [0, 0.05) is 14.7 Å². The van der Waals surface area contributed by atoms with E-state index in [1.807, 2.05) is 17.6 Å². The molecule has 114 valence electrons. The summed E-state index contributed by atoms with van der Waals surface area (Å²) in [5, 5.41) is 18.4. The standard InChI is InChI=1S/C14H23BN2O3Si/c1-11-16-13-9-12(15(18)19)5-6-14(13)17(11)10-20-7-8-21(2,3)4/h5-6,9,18-19H,7-8,10H2,1-4H3. The number of hydrogen-bond donors (Lipinski definition) is 2. The number of hydrogen-bond acceptors (Lipinski definition) is 4. The molecule has 0 saturated carbocycles. The fourth-order valence-electron chi connectivity index (χ4n) is 2.13. The number of ether oxygens (including phenoxy) is 1. The van der Waals surface area contributed by atoms with E-state index in [2.05, 4.69) is 24.6 Å². The number of imidazole rings is 1. The number of aromatic nitrogens is 2. The molecule has 0 aliphatic rings. The second kappa shape index (κ2) is 6.31. The molecular weight excluding hydrogens is 283 g/mol. The van der Waals surface area contributed by atoms with Crippen molar-refractivity contribution in [2.45, 2.75) is 39.3 Å². The summed E-state index contributed by atoms with van der Waals surface area (Å²) in [6, 6.07) is 6.39. The van der Waals surface area contributed by atoms with Crippen LogP contribution in [0.1, 0.15) is 5.82 Å². The van der Waals surface area contributed by atoms with Crippen LogP contribution in [0.2, 0.25) is 25.7 Å². The van der Waals surface area contributed by atoms with E-state index in [4.69, 9.17) is 4.74 Å².